The first-order valence-electron chi connectivity index (χ1n) is 8.49. The Morgan fingerprint density at radius 3 is 2.37 bits per heavy atom. The number of aryl methyl sites for hydroxylation is 1. The third-order valence-corrected chi connectivity index (χ3v) is 3.59. The van der Waals surface area contributed by atoms with E-state index in [0.717, 1.165) is 5.56 Å². The molecule has 1 amide bonds. The summed E-state index contributed by atoms with van der Waals surface area (Å²) in [4.78, 5) is 35.7. The van der Waals surface area contributed by atoms with Gasteiger partial charge in [0.2, 0.25) is 0 Å². The molecule has 1 atom stereocenters. The van der Waals surface area contributed by atoms with Crippen LogP contribution in [0.3, 0.4) is 0 Å². The fraction of sp³-hybridized carbons (Fsp3) is 0.400. The van der Waals surface area contributed by atoms with Gasteiger partial charge in [-0.25, -0.2) is 9.59 Å². The Labute approximate surface area is 159 Å². The lowest BCUT2D eigenvalue weighted by atomic mass is 10.0. The second-order valence-electron chi connectivity index (χ2n) is 6.43. The molecule has 0 aliphatic heterocycles. The highest BCUT2D eigenvalue weighted by Gasteiger charge is 2.23. The highest BCUT2D eigenvalue weighted by Crippen LogP contribution is 2.10. The minimum atomic E-state index is -0.910. The average molecular weight is 372 g/mol. The molecule has 0 fully saturated rings. The maximum absolute atomic E-state index is 12.0. The average Bonchev–Trinajstić information content (AvgIpc) is 2.64. The third kappa shape index (κ3) is 7.74. The van der Waals surface area contributed by atoms with Crippen LogP contribution < -0.4 is 5.32 Å². The van der Waals surface area contributed by atoms with E-state index in [1.807, 2.05) is 32.9 Å². The van der Waals surface area contributed by atoms with Crippen molar-refractivity contribution in [3.63, 3.8) is 0 Å². The van der Waals surface area contributed by atoms with Crippen molar-refractivity contribution in [1.29, 1.82) is 5.26 Å². The van der Waals surface area contributed by atoms with E-state index in [0.29, 0.717) is 12.0 Å². The quantitative estimate of drug-likeness (QED) is 0.426. The summed E-state index contributed by atoms with van der Waals surface area (Å²) in [7, 11) is 1.23. The van der Waals surface area contributed by atoms with Crippen molar-refractivity contribution in [2.75, 3.05) is 13.7 Å². The summed E-state index contributed by atoms with van der Waals surface area (Å²) in [6.45, 7) is 5.12. The maximum atomic E-state index is 12.0. The number of nitrogens with zero attached hydrogens (tertiary/aromatic N) is 1. The molecule has 1 rings (SSSR count). The first-order valence-corrected chi connectivity index (χ1v) is 8.49. The Morgan fingerprint density at radius 2 is 1.85 bits per heavy atom. The Kier molecular flexibility index (Phi) is 8.73. The lowest BCUT2D eigenvalue weighted by Gasteiger charge is -2.18. The second-order valence-corrected chi connectivity index (χ2v) is 6.43. The second kappa shape index (κ2) is 10.8. The number of rotatable bonds is 8. The molecule has 7 heteroatoms. The summed E-state index contributed by atoms with van der Waals surface area (Å²) in [5.41, 5.74) is 1.49. The first-order chi connectivity index (χ1) is 12.8. The largest absolute Gasteiger partial charge is 0.467 e. The molecule has 1 N–H and O–H groups in total. The molecule has 0 saturated heterocycles. The van der Waals surface area contributed by atoms with E-state index in [9.17, 15) is 14.4 Å². The molecule has 1 aromatic rings. The predicted octanol–water partition coefficient (Wildman–Crippen LogP) is 2.15. The number of nitriles is 1. The van der Waals surface area contributed by atoms with E-state index in [1.165, 1.54) is 13.2 Å². The van der Waals surface area contributed by atoms with Gasteiger partial charge in [0.25, 0.3) is 5.91 Å². The number of esters is 2. The molecule has 144 valence electrons. The first kappa shape index (κ1) is 21.9. The standard InChI is InChI=1S/C20H24N2O5/c1-13(2)9-17(20(25)26-4)22-18(23)12-27-19(24)16(11-21)10-15-7-5-14(3)6-8-15/h5-8,10,13,17H,9,12H2,1-4H3,(H,22,23)/b16-10+/t17-/m1/s1. The zero-order valence-corrected chi connectivity index (χ0v) is 15.9. The zero-order valence-electron chi connectivity index (χ0n) is 15.9. The van der Waals surface area contributed by atoms with Crippen LogP contribution in [0.2, 0.25) is 0 Å². The van der Waals surface area contributed by atoms with Crippen LogP contribution in [-0.2, 0) is 23.9 Å². The van der Waals surface area contributed by atoms with Crippen molar-refractivity contribution in [2.45, 2.75) is 33.2 Å². The van der Waals surface area contributed by atoms with E-state index in [2.05, 4.69) is 10.1 Å². The van der Waals surface area contributed by atoms with E-state index in [4.69, 9.17) is 10.00 Å². The third-order valence-electron chi connectivity index (χ3n) is 3.59. The molecule has 0 bridgehead atoms. The van der Waals surface area contributed by atoms with Crippen molar-refractivity contribution in [1.82, 2.24) is 5.32 Å². The molecule has 0 unspecified atom stereocenters. The molecule has 7 nitrogen and oxygen atoms in total. The van der Waals surface area contributed by atoms with Crippen LogP contribution in [-0.4, -0.2) is 37.6 Å². The molecule has 0 heterocycles. The highest BCUT2D eigenvalue weighted by molar-refractivity contribution is 5.99. The molecule has 1 aromatic carbocycles. The number of carbonyl (C=O) groups is 3. The minimum absolute atomic E-state index is 0.152. The predicted molar refractivity (Wildman–Crippen MR) is 99.1 cm³/mol. The van der Waals surface area contributed by atoms with Gasteiger partial charge in [-0.1, -0.05) is 43.7 Å². The molecular formula is C20H24N2O5. The van der Waals surface area contributed by atoms with Crippen molar-refractivity contribution < 1.29 is 23.9 Å². The van der Waals surface area contributed by atoms with E-state index in [-0.39, 0.29) is 11.5 Å². The highest BCUT2D eigenvalue weighted by atomic mass is 16.5. The van der Waals surface area contributed by atoms with Crippen LogP contribution >= 0.6 is 0 Å². The molecule has 0 aliphatic carbocycles. The van der Waals surface area contributed by atoms with Crippen molar-refractivity contribution in [3.8, 4) is 6.07 Å². The fourth-order valence-electron chi connectivity index (χ4n) is 2.24. The SMILES string of the molecule is COC(=O)[C@@H](CC(C)C)NC(=O)COC(=O)/C(C#N)=C/c1ccc(C)cc1. The molecule has 0 saturated carbocycles. The number of methoxy groups -OCH3 is 1. The molecule has 0 spiro atoms. The van der Waals surface area contributed by atoms with E-state index < -0.39 is 30.5 Å². The Bertz CT molecular complexity index is 745. The van der Waals surface area contributed by atoms with Crippen LogP contribution in [0.15, 0.2) is 29.8 Å². The van der Waals surface area contributed by atoms with Crippen LogP contribution in [0.4, 0.5) is 0 Å². The van der Waals surface area contributed by atoms with Crippen LogP contribution in [0.25, 0.3) is 6.08 Å². The fourth-order valence-corrected chi connectivity index (χ4v) is 2.24. The van der Waals surface area contributed by atoms with Gasteiger partial charge in [0.1, 0.15) is 17.7 Å². The smallest absolute Gasteiger partial charge is 0.349 e. The van der Waals surface area contributed by atoms with Gasteiger partial charge in [0, 0.05) is 0 Å². The number of hydrogen-bond donors (Lipinski definition) is 1. The summed E-state index contributed by atoms with van der Waals surface area (Å²) >= 11 is 0. The van der Waals surface area contributed by atoms with Crippen molar-refractivity contribution >= 4 is 23.9 Å². The summed E-state index contributed by atoms with van der Waals surface area (Å²) < 4.78 is 9.53. The van der Waals surface area contributed by atoms with Crippen LogP contribution in [0, 0.1) is 24.2 Å². The maximum Gasteiger partial charge on any atom is 0.349 e. The lowest BCUT2D eigenvalue weighted by Crippen LogP contribution is -2.44. The van der Waals surface area contributed by atoms with Gasteiger partial charge < -0.3 is 14.8 Å². The van der Waals surface area contributed by atoms with Crippen molar-refractivity contribution in [3.05, 3.63) is 41.0 Å². The van der Waals surface area contributed by atoms with Gasteiger partial charge >= 0.3 is 11.9 Å². The zero-order chi connectivity index (χ0) is 20.4. The molecule has 0 radical (unpaired) electrons. The van der Waals surface area contributed by atoms with Gasteiger partial charge in [-0.15, -0.1) is 0 Å². The number of hydrogen-bond acceptors (Lipinski definition) is 6. The van der Waals surface area contributed by atoms with Gasteiger partial charge in [0.15, 0.2) is 6.61 Å². The topological polar surface area (TPSA) is 105 Å². The normalized spacial score (nSPS) is 12.1. The number of nitrogens with one attached hydrogen (secondary N) is 1. The van der Waals surface area contributed by atoms with Gasteiger partial charge in [-0.05, 0) is 30.9 Å². The van der Waals surface area contributed by atoms with Crippen LogP contribution in [0.5, 0.6) is 0 Å². The summed E-state index contributed by atoms with van der Waals surface area (Å²) in [6.07, 6.45) is 1.78. The van der Waals surface area contributed by atoms with Gasteiger partial charge in [-0.2, -0.15) is 5.26 Å². The number of benzene rings is 1. The molecule has 27 heavy (non-hydrogen) atoms. The number of ether oxygens (including phenoxy) is 2. The molecule has 0 aliphatic rings. The lowest BCUT2D eigenvalue weighted by molar-refractivity contribution is -0.148. The Balaban J connectivity index is 2.67. The number of amides is 1. The number of carbonyl (C=O) groups excluding carboxylic acids is 3. The summed E-state index contributed by atoms with van der Waals surface area (Å²) in [5.74, 6) is -1.97. The van der Waals surface area contributed by atoms with Gasteiger partial charge in [-0.3, -0.25) is 4.79 Å². The van der Waals surface area contributed by atoms with E-state index in [1.54, 1.807) is 18.2 Å². The van der Waals surface area contributed by atoms with Gasteiger partial charge in [0.05, 0.1) is 7.11 Å². The Morgan fingerprint density at radius 1 is 1.22 bits per heavy atom. The Hall–Kier alpha value is -3.14. The summed E-state index contributed by atoms with van der Waals surface area (Å²) in [6, 6.07) is 8.17. The van der Waals surface area contributed by atoms with Crippen molar-refractivity contribution in [2.24, 2.45) is 5.92 Å². The molecular weight excluding hydrogens is 348 g/mol. The monoisotopic (exact) mass is 372 g/mol. The van der Waals surface area contributed by atoms with Crippen LogP contribution in [0.1, 0.15) is 31.4 Å². The summed E-state index contributed by atoms with van der Waals surface area (Å²) in [5, 5.41) is 11.6. The molecule has 0 aromatic heterocycles. The minimum Gasteiger partial charge on any atom is -0.467 e. The van der Waals surface area contributed by atoms with E-state index >= 15 is 0 Å².